The Balaban J connectivity index is 1.45. The van der Waals surface area contributed by atoms with Crippen molar-refractivity contribution in [2.45, 2.75) is 62.9 Å². The summed E-state index contributed by atoms with van der Waals surface area (Å²) in [5.74, 6) is 0. The predicted molar refractivity (Wildman–Crippen MR) is 139 cm³/mol. The molecule has 10 heteroatoms. The highest BCUT2D eigenvalue weighted by atomic mass is 32.2. The molecule has 1 aliphatic heterocycles. The molecule has 3 aliphatic rings. The fraction of sp³-hybridized carbons (Fsp3) is 0.481. The number of aliphatic hydroxyl groups is 1. The van der Waals surface area contributed by atoms with E-state index in [1.54, 1.807) is 19.9 Å². The van der Waals surface area contributed by atoms with Crippen LogP contribution in [0.1, 0.15) is 60.1 Å². The Morgan fingerprint density at radius 3 is 2.19 bits per heavy atom. The number of benzene rings is 2. The van der Waals surface area contributed by atoms with Crippen molar-refractivity contribution < 1.29 is 23.1 Å². The third-order valence-corrected chi connectivity index (χ3v) is 8.81. The molecule has 5 rings (SSSR count). The van der Waals surface area contributed by atoms with Crippen LogP contribution in [0.2, 0.25) is 0 Å². The zero-order valence-corrected chi connectivity index (χ0v) is 22.0. The van der Waals surface area contributed by atoms with Gasteiger partial charge in [-0.25, -0.2) is 17.9 Å². The van der Waals surface area contributed by atoms with E-state index in [4.69, 9.17) is 4.74 Å². The summed E-state index contributed by atoms with van der Waals surface area (Å²) in [7, 11) is -4.25. The quantitative estimate of drug-likeness (QED) is 0.548. The van der Waals surface area contributed by atoms with Crippen LogP contribution in [-0.4, -0.2) is 45.9 Å². The van der Waals surface area contributed by atoms with Gasteiger partial charge in [-0.15, -0.1) is 0 Å². The molecule has 0 radical (unpaired) electrons. The van der Waals surface area contributed by atoms with E-state index in [2.05, 4.69) is 16.1 Å². The lowest BCUT2D eigenvalue weighted by Gasteiger charge is -2.30. The SMILES string of the molecule is CC(C)(O)c1cc(N2CCOCC2)cc(S(=O)(=O)NC(=O)Nc2c3c(c(C#N)c4c2CCC4)CCC3)c1. The van der Waals surface area contributed by atoms with E-state index in [0.717, 1.165) is 66.3 Å². The second kappa shape index (κ2) is 9.63. The van der Waals surface area contributed by atoms with Crippen LogP contribution >= 0.6 is 0 Å². The van der Waals surface area contributed by atoms with Crippen LogP contribution in [0, 0.1) is 11.3 Å². The van der Waals surface area contributed by atoms with Crippen molar-refractivity contribution in [2.75, 3.05) is 36.5 Å². The number of fused-ring (bicyclic) bond motifs is 2. The van der Waals surface area contributed by atoms with Crippen molar-refractivity contribution in [2.24, 2.45) is 0 Å². The van der Waals surface area contributed by atoms with Crippen LogP contribution in [0.5, 0.6) is 0 Å². The normalized spacial score (nSPS) is 17.2. The molecule has 37 heavy (non-hydrogen) atoms. The summed E-state index contributed by atoms with van der Waals surface area (Å²) >= 11 is 0. The van der Waals surface area contributed by atoms with Crippen LogP contribution in [0.4, 0.5) is 16.2 Å². The Bertz CT molecular complexity index is 1360. The van der Waals surface area contributed by atoms with E-state index in [-0.39, 0.29) is 4.90 Å². The number of rotatable bonds is 5. The summed E-state index contributed by atoms with van der Waals surface area (Å²) in [6.45, 7) is 5.42. The number of anilines is 2. The molecule has 1 heterocycles. The first kappa shape index (κ1) is 25.5. The van der Waals surface area contributed by atoms with Crippen molar-refractivity contribution in [3.8, 4) is 6.07 Å². The maximum atomic E-state index is 13.4. The summed E-state index contributed by atoms with van der Waals surface area (Å²) in [4.78, 5) is 15.0. The first-order valence-corrected chi connectivity index (χ1v) is 14.2. The molecule has 9 nitrogen and oxygen atoms in total. The Labute approximate surface area is 217 Å². The molecule has 2 aromatic carbocycles. The zero-order valence-electron chi connectivity index (χ0n) is 21.2. The van der Waals surface area contributed by atoms with E-state index >= 15 is 0 Å². The van der Waals surface area contributed by atoms with Gasteiger partial charge in [-0.3, -0.25) is 0 Å². The van der Waals surface area contributed by atoms with Gasteiger partial charge in [0.2, 0.25) is 0 Å². The van der Waals surface area contributed by atoms with Crippen LogP contribution in [0.25, 0.3) is 0 Å². The smallest absolute Gasteiger partial charge is 0.333 e. The number of morpholine rings is 1. The van der Waals surface area contributed by atoms with E-state index in [1.165, 1.54) is 12.1 Å². The molecule has 1 fully saturated rings. The third-order valence-electron chi connectivity index (χ3n) is 7.50. The summed E-state index contributed by atoms with van der Waals surface area (Å²) < 4.78 is 34.3. The number of amides is 2. The summed E-state index contributed by atoms with van der Waals surface area (Å²) in [6, 6.07) is 6.21. The highest BCUT2D eigenvalue weighted by Gasteiger charge is 2.31. The first-order chi connectivity index (χ1) is 17.6. The highest BCUT2D eigenvalue weighted by molar-refractivity contribution is 7.90. The predicted octanol–water partition coefficient (Wildman–Crippen LogP) is 3.11. The number of nitriles is 1. The molecule has 0 aromatic heterocycles. The van der Waals surface area contributed by atoms with E-state index in [0.29, 0.717) is 43.2 Å². The van der Waals surface area contributed by atoms with Crippen molar-refractivity contribution in [1.29, 1.82) is 5.26 Å². The summed E-state index contributed by atoms with van der Waals surface area (Å²) in [5, 5.41) is 23.2. The zero-order chi connectivity index (χ0) is 26.4. The van der Waals surface area contributed by atoms with Crippen molar-refractivity contribution in [1.82, 2.24) is 4.72 Å². The molecule has 0 bridgehead atoms. The minimum absolute atomic E-state index is 0.0981. The lowest BCUT2D eigenvalue weighted by atomic mass is 9.93. The fourth-order valence-electron chi connectivity index (χ4n) is 5.66. The molecule has 2 aromatic rings. The fourth-order valence-corrected chi connectivity index (χ4v) is 6.63. The average molecular weight is 525 g/mol. The molecule has 0 atom stereocenters. The molecular weight excluding hydrogens is 492 g/mol. The Kier molecular flexibility index (Phi) is 6.64. The number of nitrogens with one attached hydrogen (secondary N) is 2. The largest absolute Gasteiger partial charge is 0.386 e. The second-order valence-electron chi connectivity index (χ2n) is 10.4. The molecule has 3 N–H and O–H groups in total. The van der Waals surface area contributed by atoms with Gasteiger partial charge in [0, 0.05) is 24.5 Å². The number of nitrogens with zero attached hydrogens (tertiary/aromatic N) is 2. The first-order valence-electron chi connectivity index (χ1n) is 12.7. The van der Waals surface area contributed by atoms with Crippen LogP contribution in [0.15, 0.2) is 23.1 Å². The van der Waals surface area contributed by atoms with E-state index in [9.17, 15) is 23.6 Å². The maximum absolute atomic E-state index is 13.4. The molecule has 0 saturated carbocycles. The number of ether oxygens (including phenoxy) is 1. The van der Waals surface area contributed by atoms with Crippen molar-refractivity contribution in [3.05, 3.63) is 51.6 Å². The second-order valence-corrected chi connectivity index (χ2v) is 12.1. The van der Waals surface area contributed by atoms with E-state index in [1.807, 2.05) is 4.90 Å². The summed E-state index contributed by atoms with van der Waals surface area (Å²) in [5.41, 5.74) is 5.05. The van der Waals surface area contributed by atoms with Gasteiger partial charge in [-0.05, 0) is 98.4 Å². The number of sulfonamides is 1. The van der Waals surface area contributed by atoms with Gasteiger partial charge in [0.1, 0.15) is 0 Å². The van der Waals surface area contributed by atoms with Gasteiger partial charge >= 0.3 is 6.03 Å². The lowest BCUT2D eigenvalue weighted by Crippen LogP contribution is -2.37. The number of hydrogen-bond donors (Lipinski definition) is 3. The van der Waals surface area contributed by atoms with Gasteiger partial charge in [0.25, 0.3) is 10.0 Å². The minimum Gasteiger partial charge on any atom is -0.386 e. The van der Waals surface area contributed by atoms with Crippen LogP contribution in [0.3, 0.4) is 0 Å². The molecular formula is C27H32N4O5S. The monoisotopic (exact) mass is 524 g/mol. The molecule has 2 amide bonds. The van der Waals surface area contributed by atoms with Crippen molar-refractivity contribution in [3.63, 3.8) is 0 Å². The Morgan fingerprint density at radius 2 is 1.62 bits per heavy atom. The van der Waals surface area contributed by atoms with Gasteiger partial charge in [-0.1, -0.05) is 0 Å². The molecule has 1 saturated heterocycles. The number of carbonyl (C=O) groups excluding carboxylic acids is 1. The van der Waals surface area contributed by atoms with Gasteiger partial charge in [0.15, 0.2) is 0 Å². The minimum atomic E-state index is -4.25. The van der Waals surface area contributed by atoms with E-state index < -0.39 is 21.7 Å². The van der Waals surface area contributed by atoms with Crippen LogP contribution in [-0.2, 0) is 46.0 Å². The highest BCUT2D eigenvalue weighted by Crippen LogP contribution is 2.41. The molecule has 0 spiro atoms. The third kappa shape index (κ3) is 4.91. The van der Waals surface area contributed by atoms with Gasteiger partial charge < -0.3 is 20.1 Å². The lowest BCUT2D eigenvalue weighted by molar-refractivity contribution is 0.0783. The Morgan fingerprint density at radius 1 is 1.03 bits per heavy atom. The maximum Gasteiger partial charge on any atom is 0.333 e. The molecule has 0 unspecified atom stereocenters. The molecule has 196 valence electrons. The van der Waals surface area contributed by atoms with Gasteiger partial charge in [0.05, 0.1) is 35.3 Å². The molecule has 2 aliphatic carbocycles. The standard InChI is InChI=1S/C27H32N4O5S/c1-27(2,33)17-13-18(31-9-11-36-12-10-31)15-19(14-17)37(34,35)30-26(32)29-25-22-7-3-5-20(22)24(16-28)21-6-4-8-23(21)25/h13-15,33H,3-12H2,1-2H3,(H2,29,30,32). The Hall–Kier alpha value is -3.13. The van der Waals surface area contributed by atoms with Crippen LogP contribution < -0.4 is 14.9 Å². The topological polar surface area (TPSA) is 132 Å². The number of carbonyl (C=O) groups is 1. The average Bonchev–Trinajstić information content (AvgIpc) is 3.54. The van der Waals surface area contributed by atoms with Gasteiger partial charge in [-0.2, -0.15) is 5.26 Å². The number of hydrogen-bond acceptors (Lipinski definition) is 7. The summed E-state index contributed by atoms with van der Waals surface area (Å²) in [6.07, 6.45) is 4.86. The van der Waals surface area contributed by atoms with Crippen molar-refractivity contribution >= 4 is 27.4 Å². The number of urea groups is 1.